The minimum atomic E-state index is -3.92. The summed E-state index contributed by atoms with van der Waals surface area (Å²) in [7, 11) is -3.92. The molecule has 204 valence electrons. The zero-order valence-electron chi connectivity index (χ0n) is 22.4. The highest BCUT2D eigenvalue weighted by molar-refractivity contribution is 7.89. The predicted octanol–water partition coefficient (Wildman–Crippen LogP) is 5.62. The number of aryl methyl sites for hydroxylation is 3. The number of nitrogens with zero attached hydrogens (tertiary/aromatic N) is 2. The van der Waals surface area contributed by atoms with Crippen molar-refractivity contribution < 1.29 is 13.2 Å². The Labute approximate surface area is 235 Å². The van der Waals surface area contributed by atoms with Gasteiger partial charge in [-0.2, -0.15) is 4.31 Å². The number of fused-ring (bicyclic) bond motifs is 1. The second kappa shape index (κ2) is 12.6. The molecule has 0 atom stereocenters. The molecular weight excluding hydrogens is 532 g/mol. The molecule has 0 bridgehead atoms. The van der Waals surface area contributed by atoms with E-state index in [1.807, 2.05) is 73.7 Å². The van der Waals surface area contributed by atoms with Gasteiger partial charge < -0.3 is 10.6 Å². The molecule has 0 fully saturated rings. The van der Waals surface area contributed by atoms with Crippen LogP contribution in [0, 0.1) is 20.8 Å². The fraction of sp³-hybridized carbons (Fsp3) is 0.267. The number of rotatable bonds is 11. The Bertz CT molecular complexity index is 1550. The fourth-order valence-corrected chi connectivity index (χ4v) is 6.71. The van der Waals surface area contributed by atoms with Gasteiger partial charge in [0.2, 0.25) is 15.9 Å². The van der Waals surface area contributed by atoms with Gasteiger partial charge >= 0.3 is 0 Å². The lowest BCUT2D eigenvalue weighted by Crippen LogP contribution is -2.41. The molecule has 1 aromatic heterocycles. The Hall–Kier alpha value is -3.46. The molecule has 7 nitrogen and oxygen atoms in total. The molecule has 0 aliphatic heterocycles. The summed E-state index contributed by atoms with van der Waals surface area (Å²) in [6.07, 6.45) is 2.38. The van der Waals surface area contributed by atoms with Crippen LogP contribution in [0.2, 0.25) is 5.02 Å². The molecule has 39 heavy (non-hydrogen) atoms. The number of anilines is 1. The summed E-state index contributed by atoms with van der Waals surface area (Å²) in [6.45, 7) is 6.38. The first kappa shape index (κ1) is 28.5. The highest BCUT2D eigenvalue weighted by Gasteiger charge is 2.29. The van der Waals surface area contributed by atoms with Gasteiger partial charge in [-0.25, -0.2) is 8.42 Å². The van der Waals surface area contributed by atoms with E-state index in [2.05, 4.69) is 15.6 Å². The van der Waals surface area contributed by atoms with Crippen LogP contribution < -0.4 is 10.6 Å². The van der Waals surface area contributed by atoms with Crippen molar-refractivity contribution in [3.63, 3.8) is 0 Å². The average molecular weight is 565 g/mol. The van der Waals surface area contributed by atoms with Gasteiger partial charge in [0.15, 0.2) is 0 Å². The SMILES string of the molecule is Cc1cc(C)c(S(=O)(=O)N(CC(=O)NCCCNc2ccnc3cc(Cl)ccc23)Cc2ccccc2)c(C)c1. The molecule has 1 amide bonds. The van der Waals surface area contributed by atoms with Gasteiger partial charge in [0.1, 0.15) is 0 Å². The van der Waals surface area contributed by atoms with E-state index >= 15 is 0 Å². The van der Waals surface area contributed by atoms with Crippen LogP contribution in [0.4, 0.5) is 5.69 Å². The van der Waals surface area contributed by atoms with Gasteiger partial charge in [-0.15, -0.1) is 0 Å². The number of amides is 1. The van der Waals surface area contributed by atoms with Crippen molar-refractivity contribution in [3.8, 4) is 0 Å². The topological polar surface area (TPSA) is 91.4 Å². The zero-order valence-corrected chi connectivity index (χ0v) is 23.9. The fourth-order valence-electron chi connectivity index (χ4n) is 4.75. The van der Waals surface area contributed by atoms with E-state index in [0.717, 1.165) is 27.7 Å². The van der Waals surface area contributed by atoms with Crippen LogP contribution in [0.3, 0.4) is 0 Å². The van der Waals surface area contributed by atoms with E-state index in [-0.39, 0.29) is 23.9 Å². The summed E-state index contributed by atoms with van der Waals surface area (Å²) in [6, 6.07) is 20.5. The van der Waals surface area contributed by atoms with Crippen molar-refractivity contribution in [3.05, 3.63) is 100 Å². The van der Waals surface area contributed by atoms with Crippen molar-refractivity contribution in [2.75, 3.05) is 25.0 Å². The van der Waals surface area contributed by atoms with Crippen LogP contribution in [0.5, 0.6) is 0 Å². The molecule has 1 heterocycles. The smallest absolute Gasteiger partial charge is 0.244 e. The maximum Gasteiger partial charge on any atom is 0.244 e. The first-order chi connectivity index (χ1) is 18.6. The van der Waals surface area contributed by atoms with E-state index in [9.17, 15) is 13.2 Å². The Kier molecular flexibility index (Phi) is 9.22. The second-order valence-electron chi connectivity index (χ2n) is 9.64. The van der Waals surface area contributed by atoms with Crippen molar-refractivity contribution in [2.24, 2.45) is 0 Å². The minimum absolute atomic E-state index is 0.101. The van der Waals surface area contributed by atoms with Crippen LogP contribution in [0.15, 0.2) is 77.8 Å². The molecule has 0 saturated carbocycles. The molecule has 0 aliphatic carbocycles. The molecule has 2 N–H and O–H groups in total. The lowest BCUT2D eigenvalue weighted by atomic mass is 10.1. The molecule has 3 aromatic carbocycles. The number of hydrogen-bond acceptors (Lipinski definition) is 5. The number of aromatic nitrogens is 1. The van der Waals surface area contributed by atoms with Crippen molar-refractivity contribution in [1.29, 1.82) is 0 Å². The maximum atomic E-state index is 13.8. The number of carbonyl (C=O) groups is 1. The van der Waals surface area contributed by atoms with E-state index in [0.29, 0.717) is 35.7 Å². The normalized spacial score (nSPS) is 11.6. The Morgan fingerprint density at radius 1 is 0.949 bits per heavy atom. The van der Waals surface area contributed by atoms with Crippen LogP contribution in [0.1, 0.15) is 28.7 Å². The van der Waals surface area contributed by atoms with E-state index in [1.165, 1.54) is 4.31 Å². The highest BCUT2D eigenvalue weighted by Crippen LogP contribution is 2.27. The summed E-state index contributed by atoms with van der Waals surface area (Å²) in [5, 5.41) is 7.85. The minimum Gasteiger partial charge on any atom is -0.384 e. The number of halogens is 1. The molecule has 0 spiro atoms. The summed E-state index contributed by atoms with van der Waals surface area (Å²) in [5.74, 6) is -0.346. The maximum absolute atomic E-state index is 13.8. The molecule has 9 heteroatoms. The molecule has 0 unspecified atom stereocenters. The van der Waals surface area contributed by atoms with Gasteiger partial charge in [0, 0.05) is 41.9 Å². The Morgan fingerprint density at radius 3 is 2.38 bits per heavy atom. The second-order valence-corrected chi connectivity index (χ2v) is 11.9. The number of hydrogen-bond donors (Lipinski definition) is 2. The van der Waals surface area contributed by atoms with Gasteiger partial charge in [0.25, 0.3) is 0 Å². The van der Waals surface area contributed by atoms with Gasteiger partial charge in [0.05, 0.1) is 17.0 Å². The number of carbonyl (C=O) groups excluding carboxylic acids is 1. The number of pyridine rings is 1. The molecule has 0 radical (unpaired) electrons. The number of benzene rings is 3. The highest BCUT2D eigenvalue weighted by atomic mass is 35.5. The quantitative estimate of drug-likeness (QED) is 0.231. The van der Waals surface area contributed by atoms with Crippen molar-refractivity contribution >= 4 is 44.1 Å². The Morgan fingerprint density at radius 2 is 1.67 bits per heavy atom. The van der Waals surface area contributed by atoms with E-state index in [1.54, 1.807) is 20.0 Å². The monoisotopic (exact) mass is 564 g/mol. The molecule has 4 rings (SSSR count). The third-order valence-electron chi connectivity index (χ3n) is 6.42. The van der Waals surface area contributed by atoms with Crippen molar-refractivity contribution in [2.45, 2.75) is 38.6 Å². The standard InChI is InChI=1S/C30H33ClN4O3S/c1-21-16-22(2)30(23(3)17-21)39(37,38)35(19-24-8-5-4-6-9-24)20-29(36)34-14-7-13-32-27-12-15-33-28-18-25(31)10-11-26(27)28/h4-6,8-12,15-18H,7,13-14,19-20H2,1-3H3,(H,32,33)(H,34,36). The summed E-state index contributed by atoms with van der Waals surface area (Å²) in [4.78, 5) is 17.5. The summed E-state index contributed by atoms with van der Waals surface area (Å²) >= 11 is 6.07. The van der Waals surface area contributed by atoms with Gasteiger partial charge in [-0.1, -0.05) is 59.6 Å². The molecular formula is C30H33ClN4O3S. The van der Waals surface area contributed by atoms with Crippen LogP contribution >= 0.6 is 11.6 Å². The van der Waals surface area contributed by atoms with Crippen molar-refractivity contribution in [1.82, 2.24) is 14.6 Å². The largest absolute Gasteiger partial charge is 0.384 e. The average Bonchev–Trinajstić information content (AvgIpc) is 2.87. The number of nitrogens with one attached hydrogen (secondary N) is 2. The third-order valence-corrected chi connectivity index (χ3v) is 8.75. The zero-order chi connectivity index (χ0) is 28.0. The number of sulfonamides is 1. The van der Waals surface area contributed by atoms with E-state index < -0.39 is 10.0 Å². The first-order valence-electron chi connectivity index (χ1n) is 12.8. The molecule has 4 aromatic rings. The summed E-state index contributed by atoms with van der Waals surface area (Å²) < 4.78 is 28.9. The van der Waals surface area contributed by atoms with Crippen LogP contribution in [-0.2, 0) is 21.4 Å². The molecule has 0 saturated heterocycles. The van der Waals surface area contributed by atoms with Gasteiger partial charge in [-0.3, -0.25) is 9.78 Å². The van der Waals surface area contributed by atoms with Gasteiger partial charge in [-0.05, 0) is 68.1 Å². The predicted molar refractivity (Wildman–Crippen MR) is 158 cm³/mol. The van der Waals surface area contributed by atoms with E-state index in [4.69, 9.17) is 11.6 Å². The lowest BCUT2D eigenvalue weighted by molar-refractivity contribution is -0.121. The third kappa shape index (κ3) is 7.15. The van der Waals surface area contributed by atoms with Crippen LogP contribution in [-0.4, -0.2) is 43.2 Å². The first-order valence-corrected chi connectivity index (χ1v) is 14.6. The van der Waals surface area contributed by atoms with Crippen LogP contribution in [0.25, 0.3) is 10.9 Å². The Balaban J connectivity index is 1.40. The molecule has 0 aliphatic rings. The summed E-state index contributed by atoms with van der Waals surface area (Å²) in [5.41, 5.74) is 4.89. The lowest BCUT2D eigenvalue weighted by Gasteiger charge is -2.24.